The summed E-state index contributed by atoms with van der Waals surface area (Å²) in [6.45, 7) is 4.28. The Hall–Kier alpha value is -0.570. The van der Waals surface area contributed by atoms with Gasteiger partial charge >= 0.3 is 0 Å². The summed E-state index contributed by atoms with van der Waals surface area (Å²) in [5, 5.41) is 4.58. The van der Waals surface area contributed by atoms with Crippen molar-refractivity contribution in [3.05, 3.63) is 49.9 Å². The Kier molecular flexibility index (Phi) is 4.08. The van der Waals surface area contributed by atoms with Crippen LogP contribution in [0.25, 0.3) is 0 Å². The van der Waals surface area contributed by atoms with Gasteiger partial charge in [-0.1, -0.05) is 43.1 Å². The molecule has 4 heteroatoms. The van der Waals surface area contributed by atoms with Gasteiger partial charge in [-0.3, -0.25) is 0 Å². The van der Waals surface area contributed by atoms with Gasteiger partial charge in [0.25, 0.3) is 0 Å². The fraction of sp³-hybridized carbons (Fsp3) is 0.308. The first-order valence-corrected chi connectivity index (χ1v) is 7.08. The first-order chi connectivity index (χ1) is 8.08. The molecule has 2 aromatic rings. The monoisotopic (exact) mass is 285 g/mol. The fourth-order valence-electron chi connectivity index (χ4n) is 1.52. The highest BCUT2D eigenvalue weighted by molar-refractivity contribution is 7.09. The van der Waals surface area contributed by atoms with Gasteiger partial charge in [0.2, 0.25) is 0 Å². The highest BCUT2D eigenvalue weighted by atomic mass is 35.5. The minimum Gasteiger partial charge on any atom is -0.246 e. The maximum atomic E-state index is 6.14. The molecule has 0 amide bonds. The van der Waals surface area contributed by atoms with E-state index >= 15 is 0 Å². The maximum absolute atomic E-state index is 6.14. The third kappa shape index (κ3) is 3.01. The summed E-state index contributed by atoms with van der Waals surface area (Å²) < 4.78 is 0. The second-order valence-corrected chi connectivity index (χ2v) is 5.95. The largest absolute Gasteiger partial charge is 0.246 e. The van der Waals surface area contributed by atoms with Gasteiger partial charge < -0.3 is 0 Å². The number of hydrogen-bond donors (Lipinski definition) is 0. The van der Waals surface area contributed by atoms with Crippen LogP contribution in [0.15, 0.2) is 23.6 Å². The lowest BCUT2D eigenvalue weighted by atomic mass is 10.1. The number of aromatic nitrogens is 1. The molecule has 17 heavy (non-hydrogen) atoms. The first-order valence-electron chi connectivity index (χ1n) is 5.45. The van der Waals surface area contributed by atoms with E-state index in [9.17, 15) is 0 Å². The Labute approximate surface area is 115 Å². The lowest BCUT2D eigenvalue weighted by molar-refractivity contribution is 0.825. The van der Waals surface area contributed by atoms with E-state index in [-0.39, 0.29) is 0 Å². The summed E-state index contributed by atoms with van der Waals surface area (Å²) >= 11 is 13.9. The van der Waals surface area contributed by atoms with Gasteiger partial charge in [-0.15, -0.1) is 11.3 Å². The molecule has 0 N–H and O–H groups in total. The smallest absolute Gasteiger partial charge is 0.0973 e. The molecule has 0 radical (unpaired) electrons. The average Bonchev–Trinajstić information content (AvgIpc) is 2.72. The van der Waals surface area contributed by atoms with Crippen molar-refractivity contribution in [3.8, 4) is 0 Å². The summed E-state index contributed by atoms with van der Waals surface area (Å²) in [5.41, 5.74) is 2.09. The number of thiazole rings is 1. The second-order valence-electron chi connectivity index (χ2n) is 4.20. The standard InChI is InChI=1S/C13H13Cl2NS/c1-8(2)12-7-17-13(16-12)6-9-10(14)4-3-5-11(9)15/h3-5,7-8H,6H2,1-2H3. The zero-order chi connectivity index (χ0) is 12.4. The molecule has 0 bridgehead atoms. The highest BCUT2D eigenvalue weighted by Crippen LogP contribution is 2.28. The summed E-state index contributed by atoms with van der Waals surface area (Å²) in [4.78, 5) is 4.59. The summed E-state index contributed by atoms with van der Waals surface area (Å²) in [6.07, 6.45) is 0.704. The van der Waals surface area contributed by atoms with Crippen LogP contribution in [0.1, 0.15) is 36.0 Å². The van der Waals surface area contributed by atoms with E-state index in [1.807, 2.05) is 18.2 Å². The molecular weight excluding hydrogens is 273 g/mol. The van der Waals surface area contributed by atoms with Crippen LogP contribution in [0.4, 0.5) is 0 Å². The van der Waals surface area contributed by atoms with Crippen LogP contribution in [0, 0.1) is 0 Å². The normalized spacial score (nSPS) is 11.1. The molecule has 0 fully saturated rings. The van der Waals surface area contributed by atoms with Gasteiger partial charge in [-0.25, -0.2) is 4.98 Å². The van der Waals surface area contributed by atoms with Gasteiger partial charge in [0.1, 0.15) is 0 Å². The zero-order valence-electron chi connectivity index (χ0n) is 9.71. The molecule has 0 saturated heterocycles. The molecule has 1 nitrogen and oxygen atoms in total. The average molecular weight is 286 g/mol. The molecular formula is C13H13Cl2NS. The van der Waals surface area contributed by atoms with Crippen molar-refractivity contribution < 1.29 is 0 Å². The van der Waals surface area contributed by atoms with E-state index in [4.69, 9.17) is 23.2 Å². The third-order valence-electron chi connectivity index (χ3n) is 2.55. The van der Waals surface area contributed by atoms with Crippen LogP contribution in [0.2, 0.25) is 10.0 Å². The summed E-state index contributed by atoms with van der Waals surface area (Å²) in [7, 11) is 0. The molecule has 1 heterocycles. The Bertz CT molecular complexity index is 500. The van der Waals surface area contributed by atoms with Crippen LogP contribution in [-0.4, -0.2) is 4.98 Å². The van der Waals surface area contributed by atoms with E-state index in [1.54, 1.807) is 11.3 Å². The van der Waals surface area contributed by atoms with Crippen LogP contribution in [0.3, 0.4) is 0 Å². The summed E-state index contributed by atoms with van der Waals surface area (Å²) in [5.74, 6) is 0.460. The zero-order valence-corrected chi connectivity index (χ0v) is 12.0. The second kappa shape index (κ2) is 5.38. The molecule has 0 unspecified atom stereocenters. The molecule has 0 saturated carbocycles. The van der Waals surface area contributed by atoms with E-state index < -0.39 is 0 Å². The minimum atomic E-state index is 0.460. The van der Waals surface area contributed by atoms with E-state index in [1.165, 1.54) is 0 Å². The molecule has 0 aliphatic heterocycles. The van der Waals surface area contributed by atoms with Crippen molar-refractivity contribution in [3.63, 3.8) is 0 Å². The topological polar surface area (TPSA) is 12.9 Å². The van der Waals surface area contributed by atoms with Gasteiger partial charge in [-0.05, 0) is 23.6 Å². The van der Waals surface area contributed by atoms with Gasteiger partial charge in [0.15, 0.2) is 0 Å². The Balaban J connectivity index is 2.25. The van der Waals surface area contributed by atoms with E-state index in [0.717, 1.165) is 16.3 Å². The lowest BCUT2D eigenvalue weighted by Crippen LogP contribution is -1.92. The van der Waals surface area contributed by atoms with Crippen LogP contribution >= 0.6 is 34.5 Å². The number of hydrogen-bond acceptors (Lipinski definition) is 2. The van der Waals surface area contributed by atoms with Crippen molar-refractivity contribution in [2.24, 2.45) is 0 Å². The Morgan fingerprint density at radius 1 is 1.24 bits per heavy atom. The SMILES string of the molecule is CC(C)c1csc(Cc2c(Cl)cccc2Cl)n1. The predicted molar refractivity (Wildman–Crippen MR) is 75.5 cm³/mol. The molecule has 1 aromatic heterocycles. The van der Waals surface area contributed by atoms with Gasteiger partial charge in [0, 0.05) is 21.8 Å². The summed E-state index contributed by atoms with van der Waals surface area (Å²) in [6, 6.07) is 5.58. The van der Waals surface area contributed by atoms with Crippen LogP contribution in [-0.2, 0) is 6.42 Å². The quantitative estimate of drug-likeness (QED) is 0.759. The van der Waals surface area contributed by atoms with Crippen molar-refractivity contribution >= 4 is 34.5 Å². The van der Waals surface area contributed by atoms with Gasteiger partial charge in [0.05, 0.1) is 10.7 Å². The molecule has 2 rings (SSSR count). The number of halogens is 2. The van der Waals surface area contributed by atoms with Crippen molar-refractivity contribution in [2.45, 2.75) is 26.2 Å². The molecule has 0 aliphatic carbocycles. The van der Waals surface area contributed by atoms with Crippen molar-refractivity contribution in [2.75, 3.05) is 0 Å². The molecule has 0 atom stereocenters. The maximum Gasteiger partial charge on any atom is 0.0973 e. The first kappa shape index (κ1) is 12.9. The number of nitrogens with zero attached hydrogens (tertiary/aromatic N) is 1. The Morgan fingerprint density at radius 2 is 1.88 bits per heavy atom. The van der Waals surface area contributed by atoms with E-state index in [0.29, 0.717) is 22.4 Å². The number of rotatable bonds is 3. The Morgan fingerprint density at radius 3 is 2.41 bits per heavy atom. The minimum absolute atomic E-state index is 0.460. The predicted octanol–water partition coefficient (Wildman–Crippen LogP) is 5.16. The third-order valence-corrected chi connectivity index (χ3v) is 4.13. The van der Waals surface area contributed by atoms with Crippen molar-refractivity contribution in [1.29, 1.82) is 0 Å². The fourth-order valence-corrected chi connectivity index (χ4v) is 3.02. The molecule has 1 aromatic carbocycles. The van der Waals surface area contributed by atoms with Crippen LogP contribution in [0.5, 0.6) is 0 Å². The molecule has 90 valence electrons. The van der Waals surface area contributed by atoms with Crippen LogP contribution < -0.4 is 0 Å². The number of benzene rings is 1. The molecule has 0 aliphatic rings. The molecule has 0 spiro atoms. The van der Waals surface area contributed by atoms with Gasteiger partial charge in [-0.2, -0.15) is 0 Å². The van der Waals surface area contributed by atoms with Crippen molar-refractivity contribution in [1.82, 2.24) is 4.98 Å². The van der Waals surface area contributed by atoms with E-state index in [2.05, 4.69) is 24.2 Å². The highest BCUT2D eigenvalue weighted by Gasteiger charge is 2.10. The lowest BCUT2D eigenvalue weighted by Gasteiger charge is -2.04.